The summed E-state index contributed by atoms with van der Waals surface area (Å²) in [5.74, 6) is -2.82. The van der Waals surface area contributed by atoms with Crippen molar-refractivity contribution < 1.29 is 42.8 Å². The second-order valence-corrected chi connectivity index (χ2v) is 6.86. The Balaban J connectivity index is 4.89. The summed E-state index contributed by atoms with van der Waals surface area (Å²) in [6, 6.07) is 0. The molecule has 0 rings (SSSR count). The van der Waals surface area contributed by atoms with E-state index in [1.807, 2.05) is 0 Å². The summed E-state index contributed by atoms with van der Waals surface area (Å²) in [5.41, 5.74) is 0. The quantitative estimate of drug-likeness (QED) is 0.0771. The zero-order chi connectivity index (χ0) is 24.8. The second kappa shape index (κ2) is 20.1. The van der Waals surface area contributed by atoms with Crippen molar-refractivity contribution >= 4 is 17.9 Å². The third-order valence-corrected chi connectivity index (χ3v) is 4.15. The molecule has 0 saturated heterocycles. The minimum Gasteiger partial charge on any atom is -0.462 e. The van der Waals surface area contributed by atoms with Gasteiger partial charge in [0.1, 0.15) is 0 Å². The maximum absolute atomic E-state index is 11.2. The van der Waals surface area contributed by atoms with Crippen LogP contribution in [-0.2, 0) is 42.8 Å². The van der Waals surface area contributed by atoms with Crippen LogP contribution in [0.4, 0.5) is 0 Å². The predicted octanol–water partition coefficient (Wildman–Crippen LogP) is 3.63. The normalized spacial score (nSPS) is 10.8. The summed E-state index contributed by atoms with van der Waals surface area (Å²) in [5, 5.41) is 0. The molecule has 0 unspecified atom stereocenters. The molecule has 0 aliphatic heterocycles. The first kappa shape index (κ1) is 30.5. The number of carbonyl (C=O) groups excluding carboxylic acids is 3. The highest BCUT2D eigenvalue weighted by molar-refractivity contribution is 5.81. The Bertz CT molecular complexity index is 527. The smallest absolute Gasteiger partial charge is 0.330 e. The minimum absolute atomic E-state index is 0.172. The van der Waals surface area contributed by atoms with Crippen LogP contribution in [0.1, 0.15) is 51.9 Å². The second-order valence-electron chi connectivity index (χ2n) is 6.86. The Labute approximate surface area is 196 Å². The molecule has 9 heteroatoms. The first-order chi connectivity index (χ1) is 15.9. The third-order valence-electron chi connectivity index (χ3n) is 4.15. The molecule has 33 heavy (non-hydrogen) atoms. The molecule has 0 aliphatic carbocycles. The van der Waals surface area contributed by atoms with Gasteiger partial charge in [-0.05, 0) is 6.42 Å². The van der Waals surface area contributed by atoms with E-state index in [9.17, 15) is 14.4 Å². The van der Waals surface area contributed by atoms with Gasteiger partial charge in [-0.3, -0.25) is 0 Å². The van der Waals surface area contributed by atoms with E-state index in [0.717, 1.165) is 37.5 Å². The molecule has 0 N–H and O–H groups in total. The standard InChI is InChI=1S/C24H38O9/c1-5-9-10-14-24(31-18-11-15-28-21(25)6-2,32-19-12-16-29-22(26)7-3)33-20-13-17-30-23(27)8-4/h6-8H,2-5,9-20H2,1H3. The molecule has 0 fully saturated rings. The maximum atomic E-state index is 11.2. The molecule has 0 heterocycles. The molecule has 9 nitrogen and oxygen atoms in total. The van der Waals surface area contributed by atoms with Gasteiger partial charge in [0, 0.05) is 43.9 Å². The molecule has 0 aromatic rings. The topological polar surface area (TPSA) is 107 Å². The van der Waals surface area contributed by atoms with Crippen molar-refractivity contribution in [3.63, 3.8) is 0 Å². The van der Waals surface area contributed by atoms with E-state index in [2.05, 4.69) is 26.7 Å². The van der Waals surface area contributed by atoms with Gasteiger partial charge in [-0.1, -0.05) is 39.5 Å². The van der Waals surface area contributed by atoms with E-state index in [4.69, 9.17) is 28.4 Å². The van der Waals surface area contributed by atoms with Crippen LogP contribution in [0.25, 0.3) is 0 Å². The fourth-order valence-corrected chi connectivity index (χ4v) is 2.49. The fraction of sp³-hybridized carbons (Fsp3) is 0.625. The number of carbonyl (C=O) groups is 3. The third kappa shape index (κ3) is 16.8. The molecule has 0 aromatic carbocycles. The van der Waals surface area contributed by atoms with E-state index in [1.165, 1.54) is 0 Å². The number of ether oxygens (including phenoxy) is 6. The number of rotatable bonds is 22. The van der Waals surface area contributed by atoms with Crippen molar-refractivity contribution in [1.29, 1.82) is 0 Å². The fourth-order valence-electron chi connectivity index (χ4n) is 2.49. The first-order valence-corrected chi connectivity index (χ1v) is 11.2. The molecular weight excluding hydrogens is 432 g/mol. The lowest BCUT2D eigenvalue weighted by Crippen LogP contribution is -2.41. The molecule has 0 spiro atoms. The van der Waals surface area contributed by atoms with Crippen LogP contribution in [0.15, 0.2) is 38.0 Å². The van der Waals surface area contributed by atoms with Gasteiger partial charge in [-0.2, -0.15) is 0 Å². The first-order valence-electron chi connectivity index (χ1n) is 11.2. The number of hydrogen-bond acceptors (Lipinski definition) is 9. The average molecular weight is 471 g/mol. The van der Waals surface area contributed by atoms with Gasteiger partial charge in [0.15, 0.2) is 0 Å². The number of hydrogen-bond donors (Lipinski definition) is 0. The molecule has 0 atom stereocenters. The van der Waals surface area contributed by atoms with Crippen LogP contribution in [0, 0.1) is 0 Å². The Kier molecular flexibility index (Phi) is 18.6. The van der Waals surface area contributed by atoms with E-state index in [1.54, 1.807) is 0 Å². The molecule has 0 saturated carbocycles. The molecule has 0 aliphatic rings. The van der Waals surface area contributed by atoms with Gasteiger partial charge in [-0.25, -0.2) is 14.4 Å². The Morgan fingerprint density at radius 1 is 0.606 bits per heavy atom. The Morgan fingerprint density at radius 3 is 1.27 bits per heavy atom. The summed E-state index contributed by atoms with van der Waals surface area (Å²) in [6.45, 7) is 13.3. The van der Waals surface area contributed by atoms with Gasteiger partial charge in [0.05, 0.1) is 39.6 Å². The molecule has 0 radical (unpaired) electrons. The minimum atomic E-state index is -1.32. The molecule has 188 valence electrons. The highest BCUT2D eigenvalue weighted by atomic mass is 16.9. The maximum Gasteiger partial charge on any atom is 0.330 e. The zero-order valence-corrected chi connectivity index (χ0v) is 19.7. The molecular formula is C24H38O9. The van der Waals surface area contributed by atoms with Crippen LogP contribution < -0.4 is 0 Å². The lowest BCUT2D eigenvalue weighted by Gasteiger charge is -2.33. The summed E-state index contributed by atoms with van der Waals surface area (Å²) < 4.78 is 32.8. The van der Waals surface area contributed by atoms with E-state index < -0.39 is 23.9 Å². The summed E-state index contributed by atoms with van der Waals surface area (Å²) in [4.78, 5) is 33.5. The predicted molar refractivity (Wildman–Crippen MR) is 122 cm³/mol. The largest absolute Gasteiger partial charge is 0.462 e. The summed E-state index contributed by atoms with van der Waals surface area (Å²) >= 11 is 0. The highest BCUT2D eigenvalue weighted by Crippen LogP contribution is 2.25. The van der Waals surface area contributed by atoms with Crippen molar-refractivity contribution in [2.24, 2.45) is 0 Å². The van der Waals surface area contributed by atoms with Gasteiger partial charge >= 0.3 is 17.9 Å². The Hall–Kier alpha value is -2.49. The SMILES string of the molecule is C=CC(=O)OCCCOC(CCCCC)(OCCCOC(=O)C=C)OCCCOC(=O)C=C. The number of esters is 3. The average Bonchev–Trinajstić information content (AvgIpc) is 2.82. The van der Waals surface area contributed by atoms with E-state index in [-0.39, 0.29) is 39.6 Å². The Morgan fingerprint density at radius 2 is 0.970 bits per heavy atom. The van der Waals surface area contributed by atoms with Crippen molar-refractivity contribution in [3.8, 4) is 0 Å². The van der Waals surface area contributed by atoms with Gasteiger partial charge < -0.3 is 28.4 Å². The monoisotopic (exact) mass is 470 g/mol. The van der Waals surface area contributed by atoms with E-state index in [0.29, 0.717) is 25.7 Å². The zero-order valence-electron chi connectivity index (χ0n) is 19.7. The van der Waals surface area contributed by atoms with Crippen molar-refractivity contribution in [2.75, 3.05) is 39.6 Å². The van der Waals surface area contributed by atoms with Crippen molar-refractivity contribution in [3.05, 3.63) is 38.0 Å². The summed E-state index contributed by atoms with van der Waals surface area (Å²) in [7, 11) is 0. The van der Waals surface area contributed by atoms with Crippen LogP contribution in [0.5, 0.6) is 0 Å². The van der Waals surface area contributed by atoms with Crippen molar-refractivity contribution in [2.45, 2.75) is 57.8 Å². The highest BCUT2D eigenvalue weighted by Gasteiger charge is 2.33. The lowest BCUT2D eigenvalue weighted by atomic mass is 10.2. The summed E-state index contributed by atoms with van der Waals surface area (Å²) in [6.07, 6.45) is 7.86. The molecule has 0 aromatic heterocycles. The van der Waals surface area contributed by atoms with Crippen LogP contribution in [0.2, 0.25) is 0 Å². The van der Waals surface area contributed by atoms with E-state index >= 15 is 0 Å². The molecule has 0 bridgehead atoms. The molecule has 0 amide bonds. The van der Waals surface area contributed by atoms with Crippen LogP contribution in [-0.4, -0.2) is 63.5 Å². The van der Waals surface area contributed by atoms with Crippen molar-refractivity contribution in [1.82, 2.24) is 0 Å². The van der Waals surface area contributed by atoms with Gasteiger partial charge in [0.25, 0.3) is 5.97 Å². The van der Waals surface area contributed by atoms with Crippen LogP contribution in [0.3, 0.4) is 0 Å². The van der Waals surface area contributed by atoms with Crippen LogP contribution >= 0.6 is 0 Å². The van der Waals surface area contributed by atoms with Gasteiger partial charge in [0.2, 0.25) is 0 Å². The lowest BCUT2D eigenvalue weighted by molar-refractivity contribution is -0.384. The number of unbranched alkanes of at least 4 members (excludes halogenated alkanes) is 2. The van der Waals surface area contributed by atoms with Gasteiger partial charge in [-0.15, -0.1) is 0 Å².